The number of hydrogen-bond donors (Lipinski definition) is 0. The van der Waals surface area contributed by atoms with Gasteiger partial charge in [0.2, 0.25) is 0 Å². The van der Waals surface area contributed by atoms with Gasteiger partial charge in [-0.25, -0.2) is 4.79 Å². The number of hydrogen-bond acceptors (Lipinski definition) is 7. The fourth-order valence-corrected chi connectivity index (χ4v) is 2.92. The first-order valence-electron chi connectivity index (χ1n) is 9.75. The highest BCUT2D eigenvalue weighted by Gasteiger charge is 2.34. The Kier molecular flexibility index (Phi) is 9.74. The number of rotatable bonds is 12. The van der Waals surface area contributed by atoms with Gasteiger partial charge in [0.25, 0.3) is 0 Å². The van der Waals surface area contributed by atoms with Crippen LogP contribution in [0.1, 0.15) is 22.3 Å². The molecule has 0 bridgehead atoms. The monoisotopic (exact) mass is 428 g/mol. The van der Waals surface area contributed by atoms with Crippen LogP contribution in [0.25, 0.3) is 0 Å². The predicted molar refractivity (Wildman–Crippen MR) is 115 cm³/mol. The maximum Gasteiger partial charge on any atom is 0.338 e. The number of methoxy groups -OCH3 is 3. The molecule has 7 heteroatoms. The van der Waals surface area contributed by atoms with Crippen molar-refractivity contribution in [3.8, 4) is 5.75 Å². The fraction of sp³-hybridized carbons (Fsp3) is 0.333. The van der Waals surface area contributed by atoms with Gasteiger partial charge in [-0.05, 0) is 35.9 Å². The van der Waals surface area contributed by atoms with Crippen molar-refractivity contribution in [2.75, 3.05) is 21.3 Å². The summed E-state index contributed by atoms with van der Waals surface area (Å²) in [5, 5.41) is 0. The first-order valence-corrected chi connectivity index (χ1v) is 9.75. The normalized spacial score (nSPS) is 13.5. The van der Waals surface area contributed by atoms with Gasteiger partial charge in [0.15, 0.2) is 0 Å². The minimum absolute atomic E-state index is 0.0759. The van der Waals surface area contributed by atoms with Crippen molar-refractivity contribution in [2.24, 2.45) is 0 Å². The van der Waals surface area contributed by atoms with Gasteiger partial charge in [-0.1, -0.05) is 36.9 Å². The summed E-state index contributed by atoms with van der Waals surface area (Å²) in [4.78, 5) is 24.5. The molecule has 0 amide bonds. The first kappa shape index (κ1) is 24.1. The summed E-state index contributed by atoms with van der Waals surface area (Å²) in [6, 6.07) is 15.9. The molecule has 0 saturated heterocycles. The van der Waals surface area contributed by atoms with E-state index in [4.69, 9.17) is 23.7 Å². The quantitative estimate of drug-likeness (QED) is 0.378. The van der Waals surface area contributed by atoms with E-state index in [1.54, 1.807) is 37.4 Å². The molecule has 0 N–H and O–H groups in total. The summed E-state index contributed by atoms with van der Waals surface area (Å²) in [6.07, 6.45) is -0.995. The van der Waals surface area contributed by atoms with Gasteiger partial charge in [-0.15, -0.1) is 0 Å². The molecule has 166 valence electrons. The van der Waals surface area contributed by atoms with Gasteiger partial charge in [0, 0.05) is 7.11 Å². The zero-order chi connectivity index (χ0) is 22.6. The summed E-state index contributed by atoms with van der Waals surface area (Å²) in [7, 11) is 4.34. The Morgan fingerprint density at radius 2 is 1.68 bits per heavy atom. The molecular formula is C24H28O7. The van der Waals surface area contributed by atoms with Crippen LogP contribution in [0.5, 0.6) is 5.75 Å². The molecule has 0 radical (unpaired) electrons. The lowest BCUT2D eigenvalue weighted by Gasteiger charge is -2.30. The second kappa shape index (κ2) is 12.5. The van der Waals surface area contributed by atoms with Gasteiger partial charge >= 0.3 is 11.9 Å². The molecule has 2 aromatic carbocycles. The lowest BCUT2D eigenvalue weighted by atomic mass is 10.0. The molecule has 0 unspecified atom stereocenters. The van der Waals surface area contributed by atoms with Crippen molar-refractivity contribution in [1.29, 1.82) is 0 Å². The molecule has 7 nitrogen and oxygen atoms in total. The summed E-state index contributed by atoms with van der Waals surface area (Å²) in [5.41, 5.74) is 1.26. The summed E-state index contributed by atoms with van der Waals surface area (Å²) >= 11 is 0. The number of carbonyl (C=O) groups excluding carboxylic acids is 2. The molecule has 31 heavy (non-hydrogen) atoms. The van der Waals surface area contributed by atoms with Crippen LogP contribution in [0.2, 0.25) is 0 Å². The fourth-order valence-electron chi connectivity index (χ4n) is 2.92. The molecule has 0 aliphatic rings. The molecule has 2 rings (SSSR count). The lowest BCUT2D eigenvalue weighted by Crippen LogP contribution is -2.43. The third-order valence-corrected chi connectivity index (χ3v) is 4.67. The van der Waals surface area contributed by atoms with Gasteiger partial charge in [0.1, 0.15) is 18.0 Å². The highest BCUT2D eigenvalue weighted by Crippen LogP contribution is 2.21. The Morgan fingerprint density at radius 3 is 2.23 bits per heavy atom. The second-order valence-corrected chi connectivity index (χ2v) is 6.65. The van der Waals surface area contributed by atoms with Crippen LogP contribution in [0.3, 0.4) is 0 Å². The summed E-state index contributed by atoms with van der Waals surface area (Å²) in [5.74, 6) is -0.278. The maximum absolute atomic E-state index is 12.6. The molecule has 0 aliphatic heterocycles. The standard InChI is InChI=1S/C24H28O7/c1-5-20(31-24(26)18-9-7-6-8-10-18)23(21(28-3)15-22(25)29-4)30-16-17-11-13-19(27-2)14-12-17/h5-14,20-21,23H,1,15-16H2,2-4H3/t20-,21+,23+/m0/s1. The molecule has 2 aromatic rings. The molecule has 0 saturated carbocycles. The number of benzene rings is 2. The van der Waals surface area contributed by atoms with Crippen LogP contribution < -0.4 is 4.74 Å². The van der Waals surface area contributed by atoms with Crippen molar-refractivity contribution in [1.82, 2.24) is 0 Å². The van der Waals surface area contributed by atoms with Crippen molar-refractivity contribution in [2.45, 2.75) is 31.3 Å². The Balaban J connectivity index is 2.21. The summed E-state index contributed by atoms with van der Waals surface area (Å²) in [6.45, 7) is 3.97. The molecular weight excluding hydrogens is 400 g/mol. The zero-order valence-corrected chi connectivity index (χ0v) is 18.0. The third kappa shape index (κ3) is 7.24. The molecule has 0 aliphatic carbocycles. The van der Waals surface area contributed by atoms with E-state index in [9.17, 15) is 9.59 Å². The first-order chi connectivity index (χ1) is 15.0. The van der Waals surface area contributed by atoms with E-state index in [0.29, 0.717) is 5.56 Å². The minimum atomic E-state index is -0.861. The van der Waals surface area contributed by atoms with Crippen LogP contribution >= 0.6 is 0 Å². The van der Waals surface area contributed by atoms with E-state index in [-0.39, 0.29) is 13.0 Å². The van der Waals surface area contributed by atoms with Gasteiger partial charge in [0.05, 0.1) is 38.9 Å². The highest BCUT2D eigenvalue weighted by atomic mass is 16.6. The minimum Gasteiger partial charge on any atom is -0.497 e. The smallest absolute Gasteiger partial charge is 0.338 e. The van der Waals surface area contributed by atoms with E-state index in [1.807, 2.05) is 24.3 Å². The van der Waals surface area contributed by atoms with Gasteiger partial charge in [-0.3, -0.25) is 4.79 Å². The number of ether oxygens (including phenoxy) is 5. The van der Waals surface area contributed by atoms with Crippen molar-refractivity contribution in [3.63, 3.8) is 0 Å². The lowest BCUT2D eigenvalue weighted by molar-refractivity contribution is -0.151. The molecule has 3 atom stereocenters. The Morgan fingerprint density at radius 1 is 1.00 bits per heavy atom. The summed E-state index contributed by atoms with van der Waals surface area (Å²) < 4.78 is 27.1. The van der Waals surface area contributed by atoms with E-state index in [2.05, 4.69) is 6.58 Å². The number of carbonyl (C=O) groups is 2. The van der Waals surface area contributed by atoms with Crippen molar-refractivity contribution >= 4 is 11.9 Å². The largest absolute Gasteiger partial charge is 0.497 e. The Labute approximate surface area is 182 Å². The van der Waals surface area contributed by atoms with E-state index in [1.165, 1.54) is 20.3 Å². The van der Waals surface area contributed by atoms with Crippen molar-refractivity contribution in [3.05, 3.63) is 78.4 Å². The molecule has 0 spiro atoms. The molecule has 0 aromatic heterocycles. The van der Waals surface area contributed by atoms with Crippen LogP contribution in [-0.4, -0.2) is 51.6 Å². The third-order valence-electron chi connectivity index (χ3n) is 4.67. The van der Waals surface area contributed by atoms with Crippen LogP contribution in [-0.2, 0) is 30.3 Å². The maximum atomic E-state index is 12.6. The molecule has 0 fully saturated rings. The Bertz CT molecular complexity index is 833. The van der Waals surface area contributed by atoms with Crippen molar-refractivity contribution < 1.29 is 33.3 Å². The second-order valence-electron chi connectivity index (χ2n) is 6.65. The van der Waals surface area contributed by atoms with E-state index >= 15 is 0 Å². The number of esters is 2. The Hall–Kier alpha value is -3.16. The average Bonchev–Trinajstić information content (AvgIpc) is 2.82. The van der Waals surface area contributed by atoms with Crippen LogP contribution in [0, 0.1) is 0 Å². The zero-order valence-electron chi connectivity index (χ0n) is 18.0. The van der Waals surface area contributed by atoms with Crippen LogP contribution in [0.4, 0.5) is 0 Å². The van der Waals surface area contributed by atoms with E-state index < -0.39 is 30.3 Å². The van der Waals surface area contributed by atoms with E-state index in [0.717, 1.165) is 11.3 Å². The predicted octanol–water partition coefficient (Wildman–Crippen LogP) is 3.57. The van der Waals surface area contributed by atoms with Crippen LogP contribution in [0.15, 0.2) is 67.3 Å². The topological polar surface area (TPSA) is 80.3 Å². The van der Waals surface area contributed by atoms with Gasteiger partial charge in [-0.2, -0.15) is 0 Å². The highest BCUT2D eigenvalue weighted by molar-refractivity contribution is 5.89. The molecule has 0 heterocycles. The van der Waals surface area contributed by atoms with Gasteiger partial charge < -0.3 is 23.7 Å². The SMILES string of the molecule is C=C[C@H](OC(=O)c1ccccc1)[C@@H](OCc1ccc(OC)cc1)[C@@H](CC(=O)OC)OC. The average molecular weight is 428 g/mol.